The number of piperidine rings is 1. The number of hydrogen-bond donors (Lipinski definition) is 2. The second-order valence-corrected chi connectivity index (χ2v) is 4.31. The minimum atomic E-state index is 0.512. The maximum absolute atomic E-state index is 4.18. The first-order valence-electron chi connectivity index (χ1n) is 4.79. The van der Waals surface area contributed by atoms with Crippen molar-refractivity contribution in [2.45, 2.75) is 18.9 Å². The smallest absolute Gasteiger partial charge is 0.222 e. The van der Waals surface area contributed by atoms with Crippen LogP contribution in [0.4, 0.5) is 5.95 Å². The van der Waals surface area contributed by atoms with E-state index in [1.54, 1.807) is 12.4 Å². The number of rotatable bonds is 2. The molecule has 0 aromatic carbocycles. The van der Waals surface area contributed by atoms with Gasteiger partial charge in [0, 0.05) is 18.4 Å². The van der Waals surface area contributed by atoms with Gasteiger partial charge in [0.05, 0.1) is 4.47 Å². The fourth-order valence-corrected chi connectivity index (χ4v) is 1.74. The molecule has 0 atom stereocenters. The molecule has 76 valence electrons. The normalized spacial score (nSPS) is 18.1. The van der Waals surface area contributed by atoms with Crippen molar-refractivity contribution in [3.05, 3.63) is 16.9 Å². The van der Waals surface area contributed by atoms with E-state index in [0.717, 1.165) is 36.4 Å². The first-order chi connectivity index (χ1) is 6.84. The average Bonchev–Trinajstić information content (AvgIpc) is 2.23. The Hall–Kier alpha value is -0.680. The van der Waals surface area contributed by atoms with E-state index < -0.39 is 0 Å². The van der Waals surface area contributed by atoms with Gasteiger partial charge in [-0.3, -0.25) is 0 Å². The highest BCUT2D eigenvalue weighted by molar-refractivity contribution is 9.10. The van der Waals surface area contributed by atoms with Crippen molar-refractivity contribution in [2.75, 3.05) is 18.4 Å². The van der Waals surface area contributed by atoms with Crippen LogP contribution in [0.15, 0.2) is 16.9 Å². The van der Waals surface area contributed by atoms with Crippen LogP contribution in [0, 0.1) is 0 Å². The molecule has 0 aliphatic carbocycles. The number of hydrogen-bond acceptors (Lipinski definition) is 4. The van der Waals surface area contributed by atoms with Crippen molar-refractivity contribution >= 4 is 21.9 Å². The largest absolute Gasteiger partial charge is 0.351 e. The van der Waals surface area contributed by atoms with Crippen LogP contribution in [0.2, 0.25) is 0 Å². The van der Waals surface area contributed by atoms with Crippen LogP contribution in [0.25, 0.3) is 0 Å². The quantitative estimate of drug-likeness (QED) is 0.840. The molecule has 1 aliphatic rings. The van der Waals surface area contributed by atoms with Gasteiger partial charge in [0.15, 0.2) is 0 Å². The Balaban J connectivity index is 1.92. The molecular formula is C9H13BrN4. The molecule has 1 aliphatic heterocycles. The first kappa shape index (κ1) is 9.86. The van der Waals surface area contributed by atoms with Crippen LogP contribution < -0.4 is 10.6 Å². The number of halogens is 1. The van der Waals surface area contributed by atoms with E-state index in [9.17, 15) is 0 Å². The maximum Gasteiger partial charge on any atom is 0.222 e. The summed E-state index contributed by atoms with van der Waals surface area (Å²) in [7, 11) is 0. The number of nitrogens with one attached hydrogen (secondary N) is 2. The molecule has 2 heterocycles. The molecule has 1 saturated heterocycles. The van der Waals surface area contributed by atoms with Gasteiger partial charge in [-0.1, -0.05) is 0 Å². The van der Waals surface area contributed by atoms with Gasteiger partial charge in [0.25, 0.3) is 0 Å². The Kier molecular flexibility index (Phi) is 3.31. The van der Waals surface area contributed by atoms with Crippen molar-refractivity contribution in [3.8, 4) is 0 Å². The molecule has 0 saturated carbocycles. The fraction of sp³-hybridized carbons (Fsp3) is 0.556. The topological polar surface area (TPSA) is 49.8 Å². The highest BCUT2D eigenvalue weighted by Crippen LogP contribution is 2.11. The summed E-state index contributed by atoms with van der Waals surface area (Å²) in [5, 5.41) is 6.65. The van der Waals surface area contributed by atoms with E-state index >= 15 is 0 Å². The van der Waals surface area contributed by atoms with Gasteiger partial charge >= 0.3 is 0 Å². The Morgan fingerprint density at radius 2 is 1.93 bits per heavy atom. The molecule has 0 spiro atoms. The van der Waals surface area contributed by atoms with Gasteiger partial charge in [-0.15, -0.1) is 0 Å². The van der Waals surface area contributed by atoms with Crippen LogP contribution in [-0.2, 0) is 0 Å². The van der Waals surface area contributed by atoms with E-state index in [-0.39, 0.29) is 0 Å². The van der Waals surface area contributed by atoms with Crippen LogP contribution in [0.3, 0.4) is 0 Å². The average molecular weight is 257 g/mol. The predicted molar refractivity (Wildman–Crippen MR) is 59.2 cm³/mol. The molecule has 1 aromatic heterocycles. The zero-order chi connectivity index (χ0) is 9.80. The predicted octanol–water partition coefficient (Wildman–Crippen LogP) is 1.40. The van der Waals surface area contributed by atoms with E-state index in [4.69, 9.17) is 0 Å². The highest BCUT2D eigenvalue weighted by Gasteiger charge is 2.12. The van der Waals surface area contributed by atoms with Gasteiger partial charge in [-0.05, 0) is 41.9 Å². The summed E-state index contributed by atoms with van der Waals surface area (Å²) in [5.74, 6) is 0.722. The monoisotopic (exact) mass is 256 g/mol. The molecule has 1 aromatic rings. The summed E-state index contributed by atoms with van der Waals surface area (Å²) >= 11 is 3.31. The van der Waals surface area contributed by atoms with Gasteiger partial charge in [-0.2, -0.15) is 0 Å². The van der Waals surface area contributed by atoms with Gasteiger partial charge in [0.2, 0.25) is 5.95 Å². The van der Waals surface area contributed by atoms with E-state index in [1.807, 2.05) is 0 Å². The lowest BCUT2D eigenvalue weighted by molar-refractivity contribution is 0.477. The number of anilines is 1. The molecule has 0 amide bonds. The zero-order valence-electron chi connectivity index (χ0n) is 7.83. The van der Waals surface area contributed by atoms with Crippen LogP contribution in [0.1, 0.15) is 12.8 Å². The Bertz CT molecular complexity index is 281. The third-order valence-corrected chi connectivity index (χ3v) is 2.70. The van der Waals surface area contributed by atoms with Crippen LogP contribution in [0.5, 0.6) is 0 Å². The molecule has 1 fully saturated rings. The summed E-state index contributed by atoms with van der Waals surface area (Å²) in [4.78, 5) is 8.37. The lowest BCUT2D eigenvalue weighted by Gasteiger charge is -2.23. The standard InChI is InChI=1S/C9H13BrN4/c10-7-5-12-9(13-6-7)14-8-1-3-11-4-2-8/h5-6,8,11H,1-4H2,(H,12,13,14). The minimum absolute atomic E-state index is 0.512. The Labute approximate surface area is 91.7 Å². The molecule has 2 rings (SSSR count). The molecular weight excluding hydrogens is 244 g/mol. The lowest BCUT2D eigenvalue weighted by Crippen LogP contribution is -2.35. The summed E-state index contributed by atoms with van der Waals surface area (Å²) in [6, 6.07) is 0.512. The van der Waals surface area contributed by atoms with Crippen LogP contribution >= 0.6 is 15.9 Å². The third kappa shape index (κ3) is 2.65. The van der Waals surface area contributed by atoms with Gasteiger partial charge < -0.3 is 10.6 Å². The second-order valence-electron chi connectivity index (χ2n) is 3.39. The van der Waals surface area contributed by atoms with Crippen molar-refractivity contribution in [3.63, 3.8) is 0 Å². The fourth-order valence-electron chi connectivity index (χ4n) is 1.54. The van der Waals surface area contributed by atoms with E-state index in [2.05, 4.69) is 36.5 Å². The second kappa shape index (κ2) is 4.70. The summed E-state index contributed by atoms with van der Waals surface area (Å²) < 4.78 is 0.911. The first-order valence-corrected chi connectivity index (χ1v) is 5.59. The third-order valence-electron chi connectivity index (χ3n) is 2.29. The molecule has 0 bridgehead atoms. The molecule has 0 unspecified atom stereocenters. The lowest BCUT2D eigenvalue weighted by atomic mass is 10.1. The summed E-state index contributed by atoms with van der Waals surface area (Å²) in [5.41, 5.74) is 0. The SMILES string of the molecule is Brc1cnc(NC2CCNCC2)nc1. The Morgan fingerprint density at radius 3 is 2.57 bits per heavy atom. The molecule has 2 N–H and O–H groups in total. The molecule has 4 nitrogen and oxygen atoms in total. The number of aromatic nitrogens is 2. The van der Waals surface area contributed by atoms with Crippen molar-refractivity contribution in [1.29, 1.82) is 0 Å². The van der Waals surface area contributed by atoms with Gasteiger partial charge in [-0.25, -0.2) is 9.97 Å². The maximum atomic E-state index is 4.18. The highest BCUT2D eigenvalue weighted by atomic mass is 79.9. The molecule has 0 radical (unpaired) electrons. The molecule has 14 heavy (non-hydrogen) atoms. The summed E-state index contributed by atoms with van der Waals surface area (Å²) in [6.45, 7) is 2.16. The minimum Gasteiger partial charge on any atom is -0.351 e. The van der Waals surface area contributed by atoms with Crippen molar-refractivity contribution < 1.29 is 0 Å². The van der Waals surface area contributed by atoms with E-state index in [1.165, 1.54) is 0 Å². The molecule has 5 heteroatoms. The van der Waals surface area contributed by atoms with Crippen molar-refractivity contribution in [2.24, 2.45) is 0 Å². The summed E-state index contributed by atoms with van der Waals surface area (Å²) in [6.07, 6.45) is 5.80. The number of nitrogens with zero attached hydrogens (tertiary/aromatic N) is 2. The van der Waals surface area contributed by atoms with Crippen molar-refractivity contribution in [1.82, 2.24) is 15.3 Å². The van der Waals surface area contributed by atoms with E-state index in [0.29, 0.717) is 6.04 Å². The Morgan fingerprint density at radius 1 is 1.29 bits per heavy atom. The van der Waals surface area contributed by atoms with Crippen LogP contribution in [-0.4, -0.2) is 29.1 Å². The van der Waals surface area contributed by atoms with Gasteiger partial charge in [0.1, 0.15) is 0 Å². The zero-order valence-corrected chi connectivity index (χ0v) is 9.42.